The fraction of sp³-hybridized carbons (Fsp3) is 0.250. The van der Waals surface area contributed by atoms with Crippen LogP contribution in [0, 0.1) is 0 Å². The number of rotatable bonds is 7. The quantitative estimate of drug-likeness (QED) is 0.420. The first-order valence-corrected chi connectivity index (χ1v) is 12.0. The number of hydrogen-bond donors (Lipinski definition) is 1. The van der Waals surface area contributed by atoms with Crippen LogP contribution in [0.3, 0.4) is 0 Å². The molecular formula is C28H29N5O2. The highest BCUT2D eigenvalue weighted by atomic mass is 16.5. The minimum atomic E-state index is -0.182. The average Bonchev–Trinajstić information content (AvgIpc) is 3.39. The Kier molecular flexibility index (Phi) is 6.75. The molecule has 0 radical (unpaired) electrons. The van der Waals surface area contributed by atoms with Gasteiger partial charge in [0, 0.05) is 37.6 Å². The molecule has 3 heterocycles. The molecular weight excluding hydrogens is 438 g/mol. The Morgan fingerprint density at radius 2 is 1.74 bits per heavy atom. The molecule has 1 saturated heterocycles. The first-order chi connectivity index (χ1) is 17.2. The number of methoxy groups -OCH3 is 1. The van der Waals surface area contributed by atoms with E-state index < -0.39 is 0 Å². The van der Waals surface area contributed by atoms with Gasteiger partial charge in [-0.05, 0) is 67.3 Å². The van der Waals surface area contributed by atoms with Crippen LogP contribution in [0.2, 0.25) is 0 Å². The zero-order valence-electron chi connectivity index (χ0n) is 19.9. The van der Waals surface area contributed by atoms with Crippen molar-refractivity contribution in [2.24, 2.45) is 0 Å². The van der Waals surface area contributed by atoms with Crippen LogP contribution in [0.15, 0.2) is 79.1 Å². The second kappa shape index (κ2) is 10.4. The van der Waals surface area contributed by atoms with Gasteiger partial charge in [0.05, 0.1) is 18.4 Å². The minimum absolute atomic E-state index is 0.182. The Morgan fingerprint density at radius 1 is 0.971 bits per heavy atom. The maximum Gasteiger partial charge on any atom is 0.255 e. The number of nitrogens with one attached hydrogen (secondary N) is 1. The lowest BCUT2D eigenvalue weighted by Gasteiger charge is -2.27. The number of para-hydroxylation sites is 1. The van der Waals surface area contributed by atoms with Gasteiger partial charge in [-0.15, -0.1) is 0 Å². The predicted octanol–water partition coefficient (Wildman–Crippen LogP) is 4.86. The standard InChI is InChI=1S/C28H29N5O2/c1-35-24-13-11-22(12-14-24)27-25(20-33(31-27)23-8-4-2-5-9-23)28(34)30-19-21-10-15-26(29-18-21)32-16-6-3-7-17-32/h2,4-5,8-15,18,20H,3,6-7,16-17,19H2,1H3,(H,30,34). The third-order valence-corrected chi connectivity index (χ3v) is 6.29. The lowest BCUT2D eigenvalue weighted by molar-refractivity contribution is 0.0951. The van der Waals surface area contributed by atoms with Crippen molar-refractivity contribution in [2.45, 2.75) is 25.8 Å². The van der Waals surface area contributed by atoms with Gasteiger partial charge >= 0.3 is 0 Å². The Labute approximate surface area is 205 Å². The minimum Gasteiger partial charge on any atom is -0.497 e. The third-order valence-electron chi connectivity index (χ3n) is 6.29. The molecule has 0 unspecified atom stereocenters. The van der Waals surface area contributed by atoms with Gasteiger partial charge in [0.2, 0.25) is 0 Å². The number of carbonyl (C=O) groups is 1. The molecule has 178 valence electrons. The largest absolute Gasteiger partial charge is 0.497 e. The summed E-state index contributed by atoms with van der Waals surface area (Å²) in [6, 6.07) is 21.4. The van der Waals surface area contributed by atoms with E-state index in [9.17, 15) is 4.79 Å². The normalized spacial score (nSPS) is 13.5. The number of ether oxygens (including phenoxy) is 1. The summed E-state index contributed by atoms with van der Waals surface area (Å²) in [5.41, 5.74) is 3.82. The number of carbonyl (C=O) groups excluding carboxylic acids is 1. The van der Waals surface area contributed by atoms with E-state index in [1.807, 2.05) is 72.9 Å². The summed E-state index contributed by atoms with van der Waals surface area (Å²) < 4.78 is 7.02. The van der Waals surface area contributed by atoms with Crippen molar-refractivity contribution < 1.29 is 9.53 Å². The number of hydrogen-bond acceptors (Lipinski definition) is 5. The maximum atomic E-state index is 13.3. The van der Waals surface area contributed by atoms with Crippen molar-refractivity contribution in [3.05, 3.63) is 90.3 Å². The van der Waals surface area contributed by atoms with Gasteiger partial charge in [-0.25, -0.2) is 9.67 Å². The summed E-state index contributed by atoms with van der Waals surface area (Å²) in [5, 5.41) is 7.78. The number of aromatic nitrogens is 3. The fourth-order valence-corrected chi connectivity index (χ4v) is 4.32. The third kappa shape index (κ3) is 5.19. The first kappa shape index (κ1) is 22.7. The number of nitrogens with zero attached hydrogens (tertiary/aromatic N) is 4. The molecule has 2 aromatic heterocycles. The zero-order valence-corrected chi connectivity index (χ0v) is 19.9. The van der Waals surface area contributed by atoms with E-state index in [-0.39, 0.29) is 5.91 Å². The summed E-state index contributed by atoms with van der Waals surface area (Å²) >= 11 is 0. The highest BCUT2D eigenvalue weighted by Crippen LogP contribution is 2.26. The van der Waals surface area contributed by atoms with Crippen molar-refractivity contribution in [3.8, 4) is 22.7 Å². The molecule has 7 nitrogen and oxygen atoms in total. The van der Waals surface area contributed by atoms with Crippen molar-refractivity contribution >= 4 is 11.7 Å². The summed E-state index contributed by atoms with van der Waals surface area (Å²) in [4.78, 5) is 20.2. The molecule has 1 aliphatic rings. The molecule has 1 amide bonds. The molecule has 1 N–H and O–H groups in total. The number of anilines is 1. The van der Waals surface area contributed by atoms with Crippen molar-refractivity contribution in [3.63, 3.8) is 0 Å². The smallest absolute Gasteiger partial charge is 0.255 e. The monoisotopic (exact) mass is 467 g/mol. The number of piperidine rings is 1. The van der Waals surface area contributed by atoms with Gasteiger partial charge in [-0.2, -0.15) is 5.10 Å². The maximum absolute atomic E-state index is 13.3. The van der Waals surface area contributed by atoms with Gasteiger partial charge in [0.25, 0.3) is 5.91 Å². The molecule has 2 aromatic carbocycles. The second-order valence-electron chi connectivity index (χ2n) is 8.66. The lowest BCUT2D eigenvalue weighted by Crippen LogP contribution is -2.30. The zero-order chi connectivity index (χ0) is 24.0. The van der Waals surface area contributed by atoms with Gasteiger partial charge < -0.3 is 15.0 Å². The molecule has 0 saturated carbocycles. The Hall–Kier alpha value is -4.13. The van der Waals surface area contributed by atoms with E-state index in [0.29, 0.717) is 17.8 Å². The molecule has 0 aliphatic carbocycles. The van der Waals surface area contributed by atoms with Crippen LogP contribution < -0.4 is 15.0 Å². The molecule has 1 fully saturated rings. The molecule has 35 heavy (non-hydrogen) atoms. The van der Waals surface area contributed by atoms with E-state index in [1.54, 1.807) is 18.0 Å². The average molecular weight is 468 g/mol. The van der Waals surface area contributed by atoms with E-state index in [2.05, 4.69) is 15.2 Å². The highest BCUT2D eigenvalue weighted by Gasteiger charge is 2.19. The number of pyridine rings is 1. The molecule has 0 atom stereocenters. The molecule has 1 aliphatic heterocycles. The Balaban J connectivity index is 1.35. The Morgan fingerprint density at radius 3 is 2.43 bits per heavy atom. The molecule has 0 bridgehead atoms. The fourth-order valence-electron chi connectivity index (χ4n) is 4.32. The number of benzene rings is 2. The van der Waals surface area contributed by atoms with Gasteiger partial charge in [0.1, 0.15) is 17.3 Å². The highest BCUT2D eigenvalue weighted by molar-refractivity contribution is 5.99. The van der Waals surface area contributed by atoms with Gasteiger partial charge in [-0.3, -0.25) is 4.79 Å². The van der Waals surface area contributed by atoms with E-state index in [4.69, 9.17) is 9.84 Å². The van der Waals surface area contributed by atoms with Gasteiger partial charge in [-0.1, -0.05) is 24.3 Å². The van der Waals surface area contributed by atoms with Gasteiger partial charge in [0.15, 0.2) is 0 Å². The predicted molar refractivity (Wildman–Crippen MR) is 137 cm³/mol. The summed E-state index contributed by atoms with van der Waals surface area (Å²) in [6.07, 6.45) is 7.35. The number of amides is 1. The first-order valence-electron chi connectivity index (χ1n) is 12.0. The van der Waals surface area contributed by atoms with E-state index >= 15 is 0 Å². The van der Waals surface area contributed by atoms with Crippen LogP contribution >= 0.6 is 0 Å². The van der Waals surface area contributed by atoms with Crippen molar-refractivity contribution in [2.75, 3.05) is 25.1 Å². The molecule has 7 heteroatoms. The van der Waals surface area contributed by atoms with Crippen LogP contribution in [0.4, 0.5) is 5.82 Å². The van der Waals surface area contributed by atoms with Crippen LogP contribution in [0.1, 0.15) is 35.2 Å². The van der Waals surface area contributed by atoms with Crippen molar-refractivity contribution in [1.82, 2.24) is 20.1 Å². The SMILES string of the molecule is COc1ccc(-c2nn(-c3ccccc3)cc2C(=O)NCc2ccc(N3CCCCC3)nc2)cc1. The molecule has 0 spiro atoms. The molecule has 4 aromatic rings. The van der Waals surface area contributed by atoms with Crippen LogP contribution in [-0.2, 0) is 6.54 Å². The lowest BCUT2D eigenvalue weighted by atomic mass is 10.1. The van der Waals surface area contributed by atoms with Crippen LogP contribution in [0.5, 0.6) is 5.75 Å². The van der Waals surface area contributed by atoms with E-state index in [1.165, 1.54) is 19.3 Å². The van der Waals surface area contributed by atoms with E-state index in [0.717, 1.165) is 41.5 Å². The van der Waals surface area contributed by atoms with Crippen LogP contribution in [-0.4, -0.2) is 40.9 Å². The molecule has 5 rings (SSSR count). The second-order valence-corrected chi connectivity index (χ2v) is 8.66. The van der Waals surface area contributed by atoms with Crippen molar-refractivity contribution in [1.29, 1.82) is 0 Å². The Bertz CT molecular complexity index is 1260. The topological polar surface area (TPSA) is 72.3 Å². The van der Waals surface area contributed by atoms with Crippen LogP contribution in [0.25, 0.3) is 16.9 Å². The summed E-state index contributed by atoms with van der Waals surface area (Å²) in [6.45, 7) is 2.51. The summed E-state index contributed by atoms with van der Waals surface area (Å²) in [5.74, 6) is 1.58. The summed E-state index contributed by atoms with van der Waals surface area (Å²) in [7, 11) is 1.63.